The van der Waals surface area contributed by atoms with Crippen molar-refractivity contribution in [3.8, 4) is 5.75 Å². The van der Waals surface area contributed by atoms with Gasteiger partial charge in [0.1, 0.15) is 5.75 Å². The number of fused-ring (bicyclic) bond motifs is 1. The van der Waals surface area contributed by atoms with E-state index in [0.29, 0.717) is 43.5 Å². The standard InChI is InChI=1S/C28H38N4O4S2/c1-4-30(5-2)19-20-32(28-29-25-16-13-23(36-6-3)21-26(25)37-28)27(33)22-11-14-24(15-12-22)38(34,35)31-17-9-7-8-10-18-31/h11-16,21H,4-10,17-20H2,1-3H3. The molecule has 0 unspecified atom stereocenters. The van der Waals surface area contributed by atoms with Crippen LogP contribution in [0.2, 0.25) is 0 Å². The molecule has 1 fully saturated rings. The monoisotopic (exact) mass is 558 g/mol. The minimum atomic E-state index is -3.58. The molecule has 1 aliphatic heterocycles. The normalized spacial score (nSPS) is 15.1. The van der Waals surface area contributed by atoms with Crippen molar-refractivity contribution in [1.82, 2.24) is 14.2 Å². The average molecular weight is 559 g/mol. The molecule has 3 aromatic rings. The Morgan fingerprint density at radius 3 is 2.29 bits per heavy atom. The van der Waals surface area contributed by atoms with Gasteiger partial charge < -0.3 is 9.64 Å². The molecule has 0 N–H and O–H groups in total. The van der Waals surface area contributed by atoms with Crippen LogP contribution in [0.1, 0.15) is 56.8 Å². The number of nitrogens with zero attached hydrogens (tertiary/aromatic N) is 4. The predicted octanol–water partition coefficient (Wildman–Crippen LogP) is 5.25. The highest BCUT2D eigenvalue weighted by molar-refractivity contribution is 7.89. The molecule has 0 aliphatic carbocycles. The fourth-order valence-corrected chi connectivity index (χ4v) is 7.22. The van der Waals surface area contributed by atoms with Gasteiger partial charge in [-0.15, -0.1) is 0 Å². The van der Waals surface area contributed by atoms with E-state index in [1.54, 1.807) is 33.5 Å². The summed E-state index contributed by atoms with van der Waals surface area (Å²) in [6.45, 7) is 10.8. The highest BCUT2D eigenvalue weighted by Gasteiger charge is 2.27. The maximum absolute atomic E-state index is 13.8. The Kier molecular flexibility index (Phi) is 9.75. The Balaban J connectivity index is 1.61. The minimum absolute atomic E-state index is 0.194. The third-order valence-electron chi connectivity index (χ3n) is 6.97. The first kappa shape index (κ1) is 28.5. The van der Waals surface area contributed by atoms with Gasteiger partial charge in [-0.05, 0) is 75.3 Å². The van der Waals surface area contributed by atoms with Crippen molar-refractivity contribution in [2.45, 2.75) is 51.3 Å². The lowest BCUT2D eigenvalue weighted by molar-refractivity contribution is 0.0983. The summed E-state index contributed by atoms with van der Waals surface area (Å²) in [5, 5.41) is 0.618. The number of hydrogen-bond donors (Lipinski definition) is 0. The van der Waals surface area contributed by atoms with E-state index in [9.17, 15) is 13.2 Å². The number of anilines is 1. The molecule has 0 spiro atoms. The van der Waals surface area contributed by atoms with E-state index >= 15 is 0 Å². The highest BCUT2D eigenvalue weighted by atomic mass is 32.2. The molecule has 2 heterocycles. The summed E-state index contributed by atoms with van der Waals surface area (Å²) in [5.74, 6) is 0.581. The Morgan fingerprint density at radius 1 is 0.974 bits per heavy atom. The van der Waals surface area contributed by atoms with Crippen LogP contribution in [0.5, 0.6) is 5.75 Å². The molecule has 0 radical (unpaired) electrons. The molecule has 1 aromatic heterocycles. The first-order chi connectivity index (χ1) is 18.4. The van der Waals surface area contributed by atoms with Crippen molar-refractivity contribution in [2.24, 2.45) is 0 Å². The van der Waals surface area contributed by atoms with Gasteiger partial charge in [-0.25, -0.2) is 13.4 Å². The smallest absolute Gasteiger partial charge is 0.260 e. The molecule has 8 nitrogen and oxygen atoms in total. The van der Waals surface area contributed by atoms with E-state index in [1.807, 2.05) is 25.1 Å². The minimum Gasteiger partial charge on any atom is -0.494 e. The molecule has 10 heteroatoms. The summed E-state index contributed by atoms with van der Waals surface area (Å²) >= 11 is 1.46. The number of sulfonamides is 1. The first-order valence-electron chi connectivity index (χ1n) is 13.5. The van der Waals surface area contributed by atoms with Crippen LogP contribution in [-0.4, -0.2) is 74.4 Å². The largest absolute Gasteiger partial charge is 0.494 e. The van der Waals surface area contributed by atoms with Gasteiger partial charge in [0.25, 0.3) is 5.91 Å². The van der Waals surface area contributed by atoms with Gasteiger partial charge in [0.05, 0.1) is 21.7 Å². The lowest BCUT2D eigenvalue weighted by Gasteiger charge is -2.25. The highest BCUT2D eigenvalue weighted by Crippen LogP contribution is 2.32. The summed E-state index contributed by atoms with van der Waals surface area (Å²) in [7, 11) is -3.58. The van der Waals surface area contributed by atoms with Crippen LogP contribution in [0.3, 0.4) is 0 Å². The molecule has 206 valence electrons. The van der Waals surface area contributed by atoms with Crippen molar-refractivity contribution in [3.05, 3.63) is 48.0 Å². The van der Waals surface area contributed by atoms with E-state index in [2.05, 4.69) is 18.7 Å². The average Bonchev–Trinajstić information content (AvgIpc) is 3.14. The number of aromatic nitrogens is 1. The number of likely N-dealkylation sites (N-methyl/N-ethyl adjacent to an activating group) is 1. The van der Waals surface area contributed by atoms with Crippen molar-refractivity contribution < 1.29 is 17.9 Å². The van der Waals surface area contributed by atoms with E-state index in [4.69, 9.17) is 9.72 Å². The molecule has 1 aliphatic rings. The lowest BCUT2D eigenvalue weighted by atomic mass is 10.2. The first-order valence-corrected chi connectivity index (χ1v) is 15.8. The van der Waals surface area contributed by atoms with Gasteiger partial charge in [-0.3, -0.25) is 9.69 Å². The number of ether oxygens (including phenoxy) is 1. The maximum Gasteiger partial charge on any atom is 0.260 e. The number of carbonyl (C=O) groups is 1. The van der Waals surface area contributed by atoms with Gasteiger partial charge in [-0.2, -0.15) is 4.31 Å². The number of rotatable bonds is 11. The SMILES string of the molecule is CCOc1ccc2nc(N(CCN(CC)CC)C(=O)c3ccc(S(=O)(=O)N4CCCCCC4)cc3)sc2c1. The van der Waals surface area contributed by atoms with E-state index in [1.165, 1.54) is 11.3 Å². The van der Waals surface area contributed by atoms with Crippen LogP contribution in [0, 0.1) is 0 Å². The number of thiazole rings is 1. The van der Waals surface area contributed by atoms with Gasteiger partial charge in [0, 0.05) is 31.7 Å². The van der Waals surface area contributed by atoms with Crippen LogP contribution >= 0.6 is 11.3 Å². The Labute approximate surface area is 230 Å². The van der Waals surface area contributed by atoms with E-state index in [-0.39, 0.29) is 10.8 Å². The summed E-state index contributed by atoms with van der Waals surface area (Å²) in [5.41, 5.74) is 1.25. The quantitative estimate of drug-likeness (QED) is 0.320. The molecule has 4 rings (SSSR count). The number of hydrogen-bond acceptors (Lipinski definition) is 7. The third kappa shape index (κ3) is 6.54. The summed E-state index contributed by atoms with van der Waals surface area (Å²) < 4.78 is 34.6. The molecule has 1 amide bonds. The van der Waals surface area contributed by atoms with E-state index in [0.717, 1.165) is 54.7 Å². The summed E-state index contributed by atoms with van der Waals surface area (Å²) in [4.78, 5) is 22.7. The van der Waals surface area contributed by atoms with Gasteiger partial charge in [-0.1, -0.05) is 38.0 Å². The Morgan fingerprint density at radius 2 is 1.66 bits per heavy atom. The fourth-order valence-electron chi connectivity index (χ4n) is 4.69. The second kappa shape index (κ2) is 13.0. The topological polar surface area (TPSA) is 83.0 Å². The third-order valence-corrected chi connectivity index (χ3v) is 9.93. The van der Waals surface area contributed by atoms with Crippen LogP contribution in [0.15, 0.2) is 47.4 Å². The molecule has 2 aromatic carbocycles. The zero-order chi connectivity index (χ0) is 27.1. The van der Waals surface area contributed by atoms with Crippen molar-refractivity contribution in [1.29, 1.82) is 0 Å². The van der Waals surface area contributed by atoms with Crippen LogP contribution in [0.4, 0.5) is 5.13 Å². The molecular formula is C28H38N4O4S2. The van der Waals surface area contributed by atoms with Crippen LogP contribution < -0.4 is 9.64 Å². The van der Waals surface area contributed by atoms with Gasteiger partial charge in [0.2, 0.25) is 10.0 Å². The number of amides is 1. The fraction of sp³-hybridized carbons (Fsp3) is 0.500. The number of benzene rings is 2. The summed E-state index contributed by atoms with van der Waals surface area (Å²) in [6, 6.07) is 12.1. The van der Waals surface area contributed by atoms with Crippen molar-refractivity contribution in [2.75, 3.05) is 50.8 Å². The molecule has 38 heavy (non-hydrogen) atoms. The molecular weight excluding hydrogens is 520 g/mol. The van der Waals surface area contributed by atoms with Gasteiger partial charge in [0.15, 0.2) is 5.13 Å². The second-order valence-electron chi connectivity index (χ2n) is 9.39. The molecule has 0 bridgehead atoms. The van der Waals surface area contributed by atoms with Gasteiger partial charge >= 0.3 is 0 Å². The summed E-state index contributed by atoms with van der Waals surface area (Å²) in [6.07, 6.45) is 3.88. The van der Waals surface area contributed by atoms with Crippen molar-refractivity contribution in [3.63, 3.8) is 0 Å². The zero-order valence-corrected chi connectivity index (χ0v) is 24.2. The second-order valence-corrected chi connectivity index (χ2v) is 12.3. The molecule has 0 atom stereocenters. The van der Waals surface area contributed by atoms with Crippen LogP contribution in [-0.2, 0) is 10.0 Å². The maximum atomic E-state index is 13.8. The number of carbonyl (C=O) groups excluding carboxylic acids is 1. The van der Waals surface area contributed by atoms with E-state index < -0.39 is 10.0 Å². The predicted molar refractivity (Wildman–Crippen MR) is 154 cm³/mol. The van der Waals surface area contributed by atoms with Crippen molar-refractivity contribution >= 4 is 42.6 Å². The molecule has 1 saturated heterocycles. The zero-order valence-electron chi connectivity index (χ0n) is 22.6. The van der Waals surface area contributed by atoms with Crippen LogP contribution in [0.25, 0.3) is 10.2 Å². The lowest BCUT2D eigenvalue weighted by Crippen LogP contribution is -2.39. The molecule has 0 saturated carbocycles. The Hall–Kier alpha value is -2.53. The Bertz CT molecular complexity index is 1310.